The number of aromatic nitrogens is 3. The van der Waals surface area contributed by atoms with Crippen LogP contribution >= 0.6 is 15.9 Å². The zero-order valence-electron chi connectivity index (χ0n) is 12.9. The smallest absolute Gasteiger partial charge is 0.214 e. The third kappa shape index (κ3) is 3.40. The molecule has 1 heterocycles. The SMILES string of the molecule is CC(C)c1ccc(-n2cc(C(=O)c3ccc(Br)cc3)nn2)cc1. The molecule has 0 aliphatic heterocycles. The maximum atomic E-state index is 12.4. The van der Waals surface area contributed by atoms with E-state index in [1.165, 1.54) is 5.56 Å². The Bertz CT molecular complexity index is 820. The lowest BCUT2D eigenvalue weighted by Crippen LogP contribution is -2.01. The lowest BCUT2D eigenvalue weighted by Gasteiger charge is -2.06. The van der Waals surface area contributed by atoms with E-state index in [9.17, 15) is 4.79 Å². The molecule has 5 heteroatoms. The van der Waals surface area contributed by atoms with Gasteiger partial charge in [0.1, 0.15) is 0 Å². The van der Waals surface area contributed by atoms with Gasteiger partial charge in [0.05, 0.1) is 11.9 Å². The van der Waals surface area contributed by atoms with Crippen molar-refractivity contribution in [1.29, 1.82) is 0 Å². The molecule has 0 amide bonds. The monoisotopic (exact) mass is 369 g/mol. The highest BCUT2D eigenvalue weighted by atomic mass is 79.9. The maximum absolute atomic E-state index is 12.4. The van der Waals surface area contributed by atoms with Gasteiger partial charge in [0.25, 0.3) is 0 Å². The van der Waals surface area contributed by atoms with Gasteiger partial charge in [-0.2, -0.15) is 0 Å². The van der Waals surface area contributed by atoms with Gasteiger partial charge in [-0.05, 0) is 47.9 Å². The molecule has 116 valence electrons. The predicted octanol–water partition coefficient (Wildman–Crippen LogP) is 4.38. The Morgan fingerprint density at radius 3 is 2.30 bits per heavy atom. The quantitative estimate of drug-likeness (QED) is 0.641. The molecule has 3 rings (SSSR count). The fourth-order valence-corrected chi connectivity index (χ4v) is 2.52. The number of hydrogen-bond acceptors (Lipinski definition) is 3. The number of hydrogen-bond donors (Lipinski definition) is 0. The van der Waals surface area contributed by atoms with Gasteiger partial charge in [-0.1, -0.05) is 47.1 Å². The summed E-state index contributed by atoms with van der Waals surface area (Å²) in [4.78, 5) is 12.4. The van der Waals surface area contributed by atoms with Gasteiger partial charge >= 0.3 is 0 Å². The number of halogens is 1. The molecule has 0 atom stereocenters. The molecule has 0 aliphatic rings. The van der Waals surface area contributed by atoms with Gasteiger partial charge < -0.3 is 0 Å². The predicted molar refractivity (Wildman–Crippen MR) is 93.0 cm³/mol. The first kappa shape index (κ1) is 15.6. The van der Waals surface area contributed by atoms with Gasteiger partial charge in [0.2, 0.25) is 5.78 Å². The van der Waals surface area contributed by atoms with Crippen LogP contribution in [0.4, 0.5) is 0 Å². The molecule has 4 nitrogen and oxygen atoms in total. The van der Waals surface area contributed by atoms with E-state index in [1.807, 2.05) is 24.3 Å². The van der Waals surface area contributed by atoms with Crippen molar-refractivity contribution in [2.24, 2.45) is 0 Å². The van der Waals surface area contributed by atoms with Crippen LogP contribution in [-0.4, -0.2) is 20.8 Å². The van der Waals surface area contributed by atoms with Crippen LogP contribution in [0.15, 0.2) is 59.2 Å². The van der Waals surface area contributed by atoms with E-state index >= 15 is 0 Å². The second-order valence-electron chi connectivity index (χ2n) is 5.63. The van der Waals surface area contributed by atoms with Crippen LogP contribution in [0.1, 0.15) is 41.4 Å². The Morgan fingerprint density at radius 1 is 1.04 bits per heavy atom. The first-order chi connectivity index (χ1) is 11.0. The minimum absolute atomic E-state index is 0.137. The molecule has 0 unspecified atom stereocenters. The van der Waals surface area contributed by atoms with E-state index in [-0.39, 0.29) is 5.78 Å². The topological polar surface area (TPSA) is 47.8 Å². The maximum Gasteiger partial charge on any atom is 0.214 e. The van der Waals surface area contributed by atoms with Crippen molar-refractivity contribution in [2.75, 3.05) is 0 Å². The van der Waals surface area contributed by atoms with E-state index in [0.717, 1.165) is 10.2 Å². The van der Waals surface area contributed by atoms with Crippen LogP contribution in [0.5, 0.6) is 0 Å². The van der Waals surface area contributed by atoms with Crippen LogP contribution in [0.2, 0.25) is 0 Å². The van der Waals surface area contributed by atoms with Crippen molar-refractivity contribution in [3.63, 3.8) is 0 Å². The van der Waals surface area contributed by atoms with Gasteiger partial charge in [0, 0.05) is 10.0 Å². The van der Waals surface area contributed by atoms with Crippen molar-refractivity contribution in [3.05, 3.63) is 76.0 Å². The summed E-state index contributed by atoms with van der Waals surface area (Å²) in [6.07, 6.45) is 1.66. The Kier molecular flexibility index (Phi) is 4.39. The van der Waals surface area contributed by atoms with E-state index in [0.29, 0.717) is 17.2 Å². The molecule has 0 saturated heterocycles. The fourth-order valence-electron chi connectivity index (χ4n) is 2.26. The lowest BCUT2D eigenvalue weighted by atomic mass is 10.0. The van der Waals surface area contributed by atoms with Gasteiger partial charge in [-0.3, -0.25) is 4.79 Å². The summed E-state index contributed by atoms with van der Waals surface area (Å²) in [6.45, 7) is 4.30. The van der Waals surface area contributed by atoms with E-state index < -0.39 is 0 Å². The molecular formula is C18H16BrN3O. The first-order valence-electron chi connectivity index (χ1n) is 7.37. The van der Waals surface area contributed by atoms with Crippen molar-refractivity contribution >= 4 is 21.7 Å². The summed E-state index contributed by atoms with van der Waals surface area (Å²) in [5.74, 6) is 0.344. The van der Waals surface area contributed by atoms with Crippen LogP contribution in [0, 0.1) is 0 Å². The Labute approximate surface area is 143 Å². The molecule has 0 spiro atoms. The first-order valence-corrected chi connectivity index (χ1v) is 8.17. The summed E-state index contributed by atoms with van der Waals surface area (Å²) in [5, 5.41) is 8.06. The minimum atomic E-state index is -0.137. The number of carbonyl (C=O) groups is 1. The van der Waals surface area contributed by atoms with E-state index in [4.69, 9.17) is 0 Å². The van der Waals surface area contributed by atoms with E-state index in [2.05, 4.69) is 52.2 Å². The van der Waals surface area contributed by atoms with E-state index in [1.54, 1.807) is 23.0 Å². The Morgan fingerprint density at radius 2 is 1.70 bits per heavy atom. The average Bonchev–Trinajstić information content (AvgIpc) is 3.05. The zero-order valence-corrected chi connectivity index (χ0v) is 14.5. The van der Waals surface area contributed by atoms with Crippen LogP contribution < -0.4 is 0 Å². The number of carbonyl (C=O) groups excluding carboxylic acids is 1. The molecule has 0 N–H and O–H groups in total. The van der Waals surface area contributed by atoms with Gasteiger partial charge in [-0.15, -0.1) is 5.10 Å². The van der Waals surface area contributed by atoms with Crippen LogP contribution in [0.25, 0.3) is 5.69 Å². The fraction of sp³-hybridized carbons (Fsp3) is 0.167. The third-order valence-corrected chi connectivity index (χ3v) is 4.19. The molecule has 3 aromatic rings. The summed E-state index contributed by atoms with van der Waals surface area (Å²) < 4.78 is 2.55. The second-order valence-corrected chi connectivity index (χ2v) is 6.55. The highest BCUT2D eigenvalue weighted by molar-refractivity contribution is 9.10. The average molecular weight is 370 g/mol. The Balaban J connectivity index is 1.85. The molecule has 0 aliphatic carbocycles. The second kappa shape index (κ2) is 6.46. The van der Waals surface area contributed by atoms with Crippen molar-refractivity contribution < 1.29 is 4.79 Å². The third-order valence-electron chi connectivity index (χ3n) is 3.66. The molecule has 23 heavy (non-hydrogen) atoms. The highest BCUT2D eigenvalue weighted by Gasteiger charge is 2.14. The molecule has 1 aromatic heterocycles. The highest BCUT2D eigenvalue weighted by Crippen LogP contribution is 2.17. The summed E-state index contributed by atoms with van der Waals surface area (Å²) in [6, 6.07) is 15.3. The van der Waals surface area contributed by atoms with Gasteiger partial charge in [-0.25, -0.2) is 4.68 Å². The zero-order chi connectivity index (χ0) is 16.4. The molecular weight excluding hydrogens is 354 g/mol. The molecule has 2 aromatic carbocycles. The summed E-state index contributed by atoms with van der Waals surface area (Å²) in [7, 11) is 0. The lowest BCUT2D eigenvalue weighted by molar-refractivity contribution is 0.103. The number of benzene rings is 2. The number of nitrogens with zero attached hydrogens (tertiary/aromatic N) is 3. The Hall–Kier alpha value is -2.27. The largest absolute Gasteiger partial charge is 0.287 e. The van der Waals surface area contributed by atoms with Gasteiger partial charge in [0.15, 0.2) is 5.69 Å². The van der Waals surface area contributed by atoms with Crippen molar-refractivity contribution in [1.82, 2.24) is 15.0 Å². The van der Waals surface area contributed by atoms with Crippen molar-refractivity contribution in [3.8, 4) is 5.69 Å². The standard InChI is InChI=1S/C18H16BrN3O/c1-12(2)13-5-9-16(10-6-13)22-11-17(20-21-22)18(23)14-3-7-15(19)8-4-14/h3-12H,1-2H3. The summed E-state index contributed by atoms with van der Waals surface area (Å²) in [5.41, 5.74) is 3.08. The van der Waals surface area contributed by atoms with Crippen LogP contribution in [-0.2, 0) is 0 Å². The molecule has 0 saturated carbocycles. The van der Waals surface area contributed by atoms with Crippen LogP contribution in [0.3, 0.4) is 0 Å². The molecule has 0 radical (unpaired) electrons. The molecule has 0 bridgehead atoms. The number of rotatable bonds is 4. The minimum Gasteiger partial charge on any atom is -0.287 e. The normalized spacial score (nSPS) is 11.0. The van der Waals surface area contributed by atoms with Crippen molar-refractivity contribution in [2.45, 2.75) is 19.8 Å². The number of ketones is 1. The molecule has 0 fully saturated rings. The summed E-state index contributed by atoms with van der Waals surface area (Å²) >= 11 is 3.36.